The summed E-state index contributed by atoms with van der Waals surface area (Å²) < 4.78 is 8.25. The Kier molecular flexibility index (Phi) is 3.52. The van der Waals surface area contributed by atoms with Gasteiger partial charge in [0.2, 0.25) is 0 Å². The SMILES string of the molecule is Cc1nc(-c2cc(C)c3oc4c(C)c(C)c(C)c(C)c4c3c2C)n(C)n1. The van der Waals surface area contributed by atoms with Gasteiger partial charge in [-0.05, 0) is 87.9 Å². The molecule has 2 heterocycles. The van der Waals surface area contributed by atoms with Crippen LogP contribution in [0.1, 0.15) is 39.2 Å². The van der Waals surface area contributed by atoms with Gasteiger partial charge in [0.15, 0.2) is 5.82 Å². The Bertz CT molecular complexity index is 1210. The van der Waals surface area contributed by atoms with Gasteiger partial charge in [-0.3, -0.25) is 0 Å². The molecule has 0 amide bonds. The Balaban J connectivity index is 2.23. The first-order chi connectivity index (χ1) is 12.2. The maximum atomic E-state index is 6.39. The summed E-state index contributed by atoms with van der Waals surface area (Å²) in [6, 6.07) is 2.17. The van der Waals surface area contributed by atoms with Gasteiger partial charge >= 0.3 is 0 Å². The zero-order chi connectivity index (χ0) is 18.9. The number of furan rings is 1. The van der Waals surface area contributed by atoms with Gasteiger partial charge in [0.25, 0.3) is 0 Å². The van der Waals surface area contributed by atoms with E-state index in [2.05, 4.69) is 57.7 Å². The molecule has 0 atom stereocenters. The van der Waals surface area contributed by atoms with E-state index in [1.165, 1.54) is 38.6 Å². The van der Waals surface area contributed by atoms with Crippen molar-refractivity contribution in [3.63, 3.8) is 0 Å². The second-order valence-corrected chi connectivity index (χ2v) is 7.48. The number of aromatic nitrogens is 3. The third-order valence-electron chi connectivity index (χ3n) is 5.92. The molecule has 0 radical (unpaired) electrons. The van der Waals surface area contributed by atoms with Crippen LogP contribution in [0.2, 0.25) is 0 Å². The minimum Gasteiger partial charge on any atom is -0.455 e. The third-order valence-corrected chi connectivity index (χ3v) is 5.92. The fourth-order valence-corrected chi connectivity index (χ4v) is 4.11. The van der Waals surface area contributed by atoms with Crippen LogP contribution in [0, 0.1) is 48.5 Å². The summed E-state index contributed by atoms with van der Waals surface area (Å²) in [5, 5.41) is 6.87. The number of benzene rings is 2. The van der Waals surface area contributed by atoms with Crippen molar-refractivity contribution in [2.75, 3.05) is 0 Å². The minimum atomic E-state index is 0.787. The van der Waals surface area contributed by atoms with E-state index >= 15 is 0 Å². The highest BCUT2D eigenvalue weighted by molar-refractivity contribution is 6.12. The lowest BCUT2D eigenvalue weighted by molar-refractivity contribution is 0.661. The Labute approximate surface area is 153 Å². The number of hydrogen-bond acceptors (Lipinski definition) is 3. The van der Waals surface area contributed by atoms with Crippen LogP contribution < -0.4 is 0 Å². The van der Waals surface area contributed by atoms with E-state index in [9.17, 15) is 0 Å². The van der Waals surface area contributed by atoms with Crippen LogP contribution in [0.25, 0.3) is 33.3 Å². The van der Waals surface area contributed by atoms with Gasteiger partial charge in [-0.2, -0.15) is 5.10 Å². The number of hydrogen-bond donors (Lipinski definition) is 0. The van der Waals surface area contributed by atoms with E-state index < -0.39 is 0 Å². The molecule has 4 rings (SSSR count). The summed E-state index contributed by atoms with van der Waals surface area (Å²) in [7, 11) is 1.95. The largest absolute Gasteiger partial charge is 0.455 e. The van der Waals surface area contributed by atoms with Crippen LogP contribution in [0.3, 0.4) is 0 Å². The lowest BCUT2D eigenvalue weighted by Gasteiger charge is -2.11. The molecule has 134 valence electrons. The molecule has 4 aromatic rings. The first-order valence-electron chi connectivity index (χ1n) is 9.03. The molecule has 0 saturated heterocycles. The van der Waals surface area contributed by atoms with Crippen molar-refractivity contribution in [1.82, 2.24) is 14.8 Å². The molecule has 0 aliphatic heterocycles. The zero-order valence-electron chi connectivity index (χ0n) is 16.8. The normalized spacial score (nSPS) is 11.8. The van der Waals surface area contributed by atoms with Crippen LogP contribution in [-0.2, 0) is 7.05 Å². The highest BCUT2D eigenvalue weighted by atomic mass is 16.3. The maximum absolute atomic E-state index is 6.39. The summed E-state index contributed by atoms with van der Waals surface area (Å²) in [5.41, 5.74) is 10.6. The van der Waals surface area contributed by atoms with Gasteiger partial charge in [-0.15, -0.1) is 0 Å². The summed E-state index contributed by atoms with van der Waals surface area (Å²) in [4.78, 5) is 4.65. The molecule has 0 unspecified atom stereocenters. The molecule has 0 aliphatic carbocycles. The van der Waals surface area contributed by atoms with Crippen LogP contribution in [0.4, 0.5) is 0 Å². The van der Waals surface area contributed by atoms with Crippen molar-refractivity contribution in [2.24, 2.45) is 7.05 Å². The quantitative estimate of drug-likeness (QED) is 0.454. The molecule has 0 N–H and O–H groups in total. The van der Waals surface area contributed by atoms with Crippen LogP contribution in [0.15, 0.2) is 10.5 Å². The number of aryl methyl sites for hydroxylation is 6. The second kappa shape index (κ2) is 5.44. The molecule has 0 bridgehead atoms. The van der Waals surface area contributed by atoms with Gasteiger partial charge in [0.05, 0.1) is 0 Å². The monoisotopic (exact) mass is 347 g/mol. The van der Waals surface area contributed by atoms with Gasteiger partial charge in [-0.1, -0.05) is 0 Å². The Hall–Kier alpha value is -2.62. The van der Waals surface area contributed by atoms with Crippen molar-refractivity contribution in [2.45, 2.75) is 48.5 Å². The van der Waals surface area contributed by atoms with Crippen molar-refractivity contribution >= 4 is 21.9 Å². The minimum absolute atomic E-state index is 0.787. The zero-order valence-corrected chi connectivity index (χ0v) is 16.8. The van der Waals surface area contributed by atoms with Crippen molar-refractivity contribution in [3.8, 4) is 11.4 Å². The summed E-state index contributed by atoms with van der Waals surface area (Å²) >= 11 is 0. The highest BCUT2D eigenvalue weighted by Gasteiger charge is 2.22. The summed E-state index contributed by atoms with van der Waals surface area (Å²) in [6.07, 6.45) is 0. The van der Waals surface area contributed by atoms with E-state index in [1.54, 1.807) is 0 Å². The van der Waals surface area contributed by atoms with Crippen molar-refractivity contribution in [1.29, 1.82) is 0 Å². The molecule has 2 aromatic carbocycles. The fraction of sp³-hybridized carbons (Fsp3) is 0.364. The molecule has 0 saturated carbocycles. The van der Waals surface area contributed by atoms with Crippen LogP contribution in [-0.4, -0.2) is 14.8 Å². The standard InChI is InChI=1S/C22H25N3O/c1-10-9-17(22-23-16(7)24-25(22)8)15(6)19-18-13(4)11(2)12(3)14(5)21(18)26-20(10)19/h9H,1-8H3. The van der Waals surface area contributed by atoms with Gasteiger partial charge in [0, 0.05) is 23.4 Å². The summed E-state index contributed by atoms with van der Waals surface area (Å²) in [6.45, 7) is 14.9. The highest BCUT2D eigenvalue weighted by Crippen LogP contribution is 2.42. The van der Waals surface area contributed by atoms with Crippen molar-refractivity contribution < 1.29 is 4.42 Å². The fourth-order valence-electron chi connectivity index (χ4n) is 4.11. The first kappa shape index (κ1) is 16.8. The predicted molar refractivity (Wildman–Crippen MR) is 107 cm³/mol. The van der Waals surface area contributed by atoms with E-state index in [1.807, 2.05) is 18.7 Å². The lowest BCUT2D eigenvalue weighted by Crippen LogP contribution is -1.98. The molecule has 4 nitrogen and oxygen atoms in total. The van der Waals surface area contributed by atoms with Crippen LogP contribution >= 0.6 is 0 Å². The molecular weight excluding hydrogens is 322 g/mol. The molecule has 0 fully saturated rings. The van der Waals surface area contributed by atoms with Crippen LogP contribution in [0.5, 0.6) is 0 Å². The second-order valence-electron chi connectivity index (χ2n) is 7.48. The van der Waals surface area contributed by atoms with E-state index in [-0.39, 0.29) is 0 Å². The van der Waals surface area contributed by atoms with Crippen molar-refractivity contribution in [3.05, 3.63) is 45.3 Å². The Morgan fingerprint density at radius 1 is 0.769 bits per heavy atom. The molecule has 0 spiro atoms. The van der Waals surface area contributed by atoms with E-state index in [0.29, 0.717) is 0 Å². The van der Waals surface area contributed by atoms with Gasteiger partial charge < -0.3 is 4.42 Å². The smallest absolute Gasteiger partial charge is 0.158 e. The third kappa shape index (κ3) is 2.08. The lowest BCUT2D eigenvalue weighted by atomic mass is 9.91. The topological polar surface area (TPSA) is 43.9 Å². The first-order valence-corrected chi connectivity index (χ1v) is 9.03. The molecule has 4 heteroatoms. The Morgan fingerprint density at radius 3 is 2.00 bits per heavy atom. The average molecular weight is 347 g/mol. The average Bonchev–Trinajstić information content (AvgIpc) is 3.15. The van der Waals surface area contributed by atoms with E-state index in [4.69, 9.17) is 4.42 Å². The predicted octanol–water partition coefficient (Wildman–Crippen LogP) is 5.54. The number of fused-ring (bicyclic) bond motifs is 3. The molecule has 26 heavy (non-hydrogen) atoms. The number of rotatable bonds is 1. The number of nitrogens with zero attached hydrogens (tertiary/aromatic N) is 3. The molecule has 2 aromatic heterocycles. The summed E-state index contributed by atoms with van der Waals surface area (Å²) in [5.74, 6) is 1.69. The molecular formula is C22H25N3O. The molecule has 0 aliphatic rings. The van der Waals surface area contributed by atoms with Gasteiger partial charge in [0.1, 0.15) is 17.0 Å². The van der Waals surface area contributed by atoms with E-state index in [0.717, 1.165) is 33.9 Å². The van der Waals surface area contributed by atoms with Gasteiger partial charge in [-0.25, -0.2) is 9.67 Å². The maximum Gasteiger partial charge on any atom is 0.158 e. The Morgan fingerprint density at radius 2 is 1.38 bits per heavy atom.